The highest BCUT2D eigenvalue weighted by molar-refractivity contribution is 7.17. The average molecular weight is 498 g/mol. The third-order valence-corrected chi connectivity index (χ3v) is 9.38. The van der Waals surface area contributed by atoms with Crippen LogP contribution in [0.5, 0.6) is 0 Å². The maximum atomic E-state index is 13.2. The van der Waals surface area contributed by atoms with Gasteiger partial charge in [-0.15, -0.1) is 11.3 Å². The number of carbonyl (C=O) groups is 1. The van der Waals surface area contributed by atoms with Gasteiger partial charge in [0.05, 0.1) is 11.4 Å². The molecule has 2 aliphatic heterocycles. The number of hydrogen-bond donors (Lipinski definition) is 1. The van der Waals surface area contributed by atoms with Gasteiger partial charge in [-0.25, -0.2) is 0 Å². The smallest absolute Gasteiger partial charge is 0.192 e. The molecule has 1 unspecified atom stereocenters. The molecular weight excluding hydrogens is 474 g/mol. The first-order valence-electron chi connectivity index (χ1n) is 12.6. The Morgan fingerprint density at radius 3 is 2.43 bits per heavy atom. The summed E-state index contributed by atoms with van der Waals surface area (Å²) in [6, 6.07) is 29.3. The summed E-state index contributed by atoms with van der Waals surface area (Å²) in [5.41, 5.74) is 9.02. The molecule has 178 valence electrons. The summed E-state index contributed by atoms with van der Waals surface area (Å²) in [4.78, 5) is 16.6. The molecule has 3 aliphatic rings. The number of thiophene rings is 1. The zero-order chi connectivity index (χ0) is 25.1. The minimum Gasteiger partial charge on any atom is -0.383 e. The number of carbonyl (C=O) groups excluding carboxylic acids is 1. The van der Waals surface area contributed by atoms with Crippen LogP contribution in [0.3, 0.4) is 0 Å². The second-order valence-electron chi connectivity index (χ2n) is 10.6. The van der Waals surface area contributed by atoms with Gasteiger partial charge in [0.25, 0.3) is 0 Å². The molecule has 4 heteroatoms. The van der Waals surface area contributed by atoms with Crippen molar-refractivity contribution in [1.29, 1.82) is 0 Å². The molecule has 8 rings (SSSR count). The fourth-order valence-corrected chi connectivity index (χ4v) is 7.78. The Hall–Kier alpha value is -3.99. The highest BCUT2D eigenvalue weighted by Gasteiger charge is 2.42. The Morgan fingerprint density at radius 1 is 0.865 bits per heavy atom. The van der Waals surface area contributed by atoms with Crippen molar-refractivity contribution < 1.29 is 9.90 Å². The third kappa shape index (κ3) is 2.61. The lowest BCUT2D eigenvalue weighted by molar-refractivity contribution is 0.102. The molecule has 0 saturated carbocycles. The molecule has 4 aromatic carbocycles. The van der Waals surface area contributed by atoms with Gasteiger partial charge in [0, 0.05) is 32.4 Å². The number of fused-ring (bicyclic) bond motifs is 5. The van der Waals surface area contributed by atoms with E-state index in [0.717, 1.165) is 4.88 Å². The molecule has 1 atom stereocenters. The van der Waals surface area contributed by atoms with E-state index in [2.05, 4.69) is 79.4 Å². The summed E-state index contributed by atoms with van der Waals surface area (Å²) < 4.78 is 0. The van der Waals surface area contributed by atoms with Gasteiger partial charge in [0.2, 0.25) is 0 Å². The standard InChI is InChI=1S/C33H23NO2S/c1-33(2)25-14-7-13-21-20-12-5-8-18-9-6-15-27(28(18)20)34(29(21)25)32-26(33)17-19(37-32)16-24-30(35)22-10-3-4-11-23(22)31(24)36/h3-17,30,35H,1-2H3/b24-16+. The van der Waals surface area contributed by atoms with Gasteiger partial charge in [-0.05, 0) is 45.8 Å². The van der Waals surface area contributed by atoms with Gasteiger partial charge in [0.1, 0.15) is 11.1 Å². The van der Waals surface area contributed by atoms with E-state index in [9.17, 15) is 9.90 Å². The van der Waals surface area contributed by atoms with E-state index in [-0.39, 0.29) is 11.2 Å². The fourth-order valence-electron chi connectivity index (χ4n) is 6.49. The van der Waals surface area contributed by atoms with Crippen LogP contribution in [-0.4, -0.2) is 10.9 Å². The molecule has 37 heavy (non-hydrogen) atoms. The van der Waals surface area contributed by atoms with Gasteiger partial charge in [-0.3, -0.25) is 4.79 Å². The molecule has 3 heterocycles. The van der Waals surface area contributed by atoms with E-state index in [4.69, 9.17) is 0 Å². The number of aliphatic hydroxyl groups excluding tert-OH is 1. The Labute approximate surface area is 218 Å². The molecule has 0 fully saturated rings. The minimum absolute atomic E-state index is 0.0871. The summed E-state index contributed by atoms with van der Waals surface area (Å²) in [5, 5.41) is 14.7. The number of benzene rings is 4. The van der Waals surface area contributed by atoms with Gasteiger partial charge in [0.15, 0.2) is 5.78 Å². The van der Waals surface area contributed by atoms with Crippen molar-refractivity contribution in [2.24, 2.45) is 0 Å². The van der Waals surface area contributed by atoms with Gasteiger partial charge < -0.3 is 10.0 Å². The Morgan fingerprint density at radius 2 is 1.59 bits per heavy atom. The van der Waals surface area contributed by atoms with Crippen molar-refractivity contribution in [3.63, 3.8) is 0 Å². The van der Waals surface area contributed by atoms with E-state index < -0.39 is 6.10 Å². The largest absolute Gasteiger partial charge is 0.383 e. The topological polar surface area (TPSA) is 40.5 Å². The van der Waals surface area contributed by atoms with Crippen LogP contribution in [0.2, 0.25) is 0 Å². The van der Waals surface area contributed by atoms with Crippen LogP contribution in [-0.2, 0) is 5.41 Å². The number of Topliss-reactive ketones (excluding diaryl/α,β-unsaturated/α-hetero) is 1. The van der Waals surface area contributed by atoms with E-state index in [1.807, 2.05) is 24.3 Å². The monoisotopic (exact) mass is 497 g/mol. The summed E-state index contributed by atoms with van der Waals surface area (Å²) in [6.45, 7) is 4.57. The number of hydrogen-bond acceptors (Lipinski definition) is 4. The maximum absolute atomic E-state index is 13.2. The summed E-state index contributed by atoms with van der Waals surface area (Å²) in [6.07, 6.45) is 1.01. The summed E-state index contributed by atoms with van der Waals surface area (Å²) in [7, 11) is 0. The molecule has 0 spiro atoms. The SMILES string of the molecule is CC1(C)c2cc(/C=C3/C(=O)c4ccccc4C3O)sc2N2c3c(cccc31)-c1cccc3cccc2c13. The normalized spacial score (nSPS) is 19.2. The zero-order valence-electron chi connectivity index (χ0n) is 20.4. The second-order valence-corrected chi connectivity index (χ2v) is 11.7. The molecule has 0 saturated heterocycles. The predicted molar refractivity (Wildman–Crippen MR) is 151 cm³/mol. The van der Waals surface area contributed by atoms with Gasteiger partial charge >= 0.3 is 0 Å². The molecule has 1 aliphatic carbocycles. The van der Waals surface area contributed by atoms with E-state index in [1.54, 1.807) is 17.4 Å². The lowest BCUT2D eigenvalue weighted by atomic mass is 9.73. The van der Waals surface area contributed by atoms with Crippen LogP contribution >= 0.6 is 11.3 Å². The molecule has 0 radical (unpaired) electrons. The van der Waals surface area contributed by atoms with Crippen LogP contribution in [0.4, 0.5) is 16.4 Å². The maximum Gasteiger partial charge on any atom is 0.192 e. The van der Waals surface area contributed by atoms with Crippen molar-refractivity contribution in [3.05, 3.63) is 118 Å². The van der Waals surface area contributed by atoms with Crippen LogP contribution in [0, 0.1) is 0 Å². The van der Waals surface area contributed by atoms with Crippen molar-refractivity contribution in [1.82, 2.24) is 0 Å². The van der Waals surface area contributed by atoms with Crippen LogP contribution in [0.25, 0.3) is 28.0 Å². The number of anilines is 3. The Balaban J connectivity index is 1.38. The number of para-hydroxylation sites is 1. The quantitative estimate of drug-likeness (QED) is 0.232. The van der Waals surface area contributed by atoms with E-state index >= 15 is 0 Å². The third-order valence-electron chi connectivity index (χ3n) is 8.31. The summed E-state index contributed by atoms with van der Waals surface area (Å²) in [5.74, 6) is -0.0871. The van der Waals surface area contributed by atoms with E-state index in [1.165, 1.54) is 49.4 Å². The van der Waals surface area contributed by atoms with Crippen molar-refractivity contribution >= 4 is 50.3 Å². The average Bonchev–Trinajstić information content (AvgIpc) is 3.45. The van der Waals surface area contributed by atoms with E-state index in [0.29, 0.717) is 16.7 Å². The molecule has 0 amide bonds. The van der Waals surface area contributed by atoms with Crippen molar-refractivity contribution in [2.75, 3.05) is 4.90 Å². The highest BCUT2D eigenvalue weighted by Crippen LogP contribution is 2.61. The molecule has 3 nitrogen and oxygen atoms in total. The van der Waals surface area contributed by atoms with Gasteiger partial charge in [-0.1, -0.05) is 86.6 Å². The van der Waals surface area contributed by atoms with Crippen LogP contribution < -0.4 is 4.90 Å². The second kappa shape index (κ2) is 7.06. The van der Waals surface area contributed by atoms with Crippen LogP contribution in [0.15, 0.2) is 90.5 Å². The van der Waals surface area contributed by atoms with Gasteiger partial charge in [-0.2, -0.15) is 0 Å². The lowest BCUT2D eigenvalue weighted by Crippen LogP contribution is -2.30. The summed E-state index contributed by atoms with van der Waals surface area (Å²) >= 11 is 1.69. The first-order valence-corrected chi connectivity index (χ1v) is 13.4. The molecule has 5 aromatic rings. The fraction of sp³-hybridized carbons (Fsp3) is 0.121. The first-order chi connectivity index (χ1) is 17.9. The van der Waals surface area contributed by atoms with Crippen molar-refractivity contribution in [3.8, 4) is 11.1 Å². The number of nitrogens with zero attached hydrogens (tertiary/aromatic N) is 1. The zero-order valence-corrected chi connectivity index (χ0v) is 21.3. The molecule has 1 aromatic heterocycles. The molecule has 0 bridgehead atoms. The number of ketones is 1. The van der Waals surface area contributed by atoms with Crippen LogP contribution in [0.1, 0.15) is 51.9 Å². The lowest BCUT2D eigenvalue weighted by Gasteiger charge is -2.43. The Bertz CT molecular complexity index is 1850. The van der Waals surface area contributed by atoms with Crippen molar-refractivity contribution in [2.45, 2.75) is 25.4 Å². The predicted octanol–water partition coefficient (Wildman–Crippen LogP) is 8.30. The first kappa shape index (κ1) is 21.1. The minimum atomic E-state index is -0.893. The molecule has 1 N–H and O–H groups in total. The number of aliphatic hydroxyl groups is 1. The molecular formula is C33H23NO2S. The Kier molecular flexibility index (Phi) is 4.03. The highest BCUT2D eigenvalue weighted by atomic mass is 32.1. The number of rotatable bonds is 1.